The molecule has 0 spiro atoms. The average molecular weight is 214 g/mol. The van der Waals surface area contributed by atoms with Crippen molar-refractivity contribution >= 4 is 5.91 Å². The Bertz CT molecular complexity index is 180. The number of nitrogens with two attached hydrogens (primary N) is 1. The maximum atomic E-state index is 11.6. The quantitative estimate of drug-likeness (QED) is 0.681. The highest BCUT2D eigenvalue weighted by Crippen LogP contribution is 2.06. The van der Waals surface area contributed by atoms with Crippen molar-refractivity contribution in [3.63, 3.8) is 0 Å². The van der Waals surface area contributed by atoms with Crippen LogP contribution in [0.15, 0.2) is 0 Å². The van der Waals surface area contributed by atoms with Crippen LogP contribution in [0.5, 0.6) is 0 Å². The predicted octanol–water partition coefficient (Wildman–Crippen LogP) is 2.05. The molecule has 90 valence electrons. The molecule has 0 bridgehead atoms. The third-order valence-corrected chi connectivity index (χ3v) is 2.50. The standard InChI is InChI=1S/C12H26N2O/c1-5-6-11(13)12(15)14-10(4)8-7-9(2)3/h9-11H,5-8,13H2,1-4H3,(H,14,15)/t10?,11-/m0/s1. The Morgan fingerprint density at radius 1 is 1.20 bits per heavy atom. The minimum atomic E-state index is -0.337. The van der Waals surface area contributed by atoms with Gasteiger partial charge in [-0.3, -0.25) is 4.79 Å². The molecule has 0 saturated heterocycles. The first-order valence-corrected chi connectivity index (χ1v) is 6.03. The van der Waals surface area contributed by atoms with Crippen LogP contribution in [0.2, 0.25) is 0 Å². The van der Waals surface area contributed by atoms with Crippen LogP contribution in [0.1, 0.15) is 53.4 Å². The van der Waals surface area contributed by atoms with E-state index in [0.717, 1.165) is 25.7 Å². The molecule has 0 saturated carbocycles. The maximum Gasteiger partial charge on any atom is 0.237 e. The summed E-state index contributed by atoms with van der Waals surface area (Å²) >= 11 is 0. The SMILES string of the molecule is CCC[C@H](N)C(=O)NC(C)CCC(C)C. The van der Waals surface area contributed by atoms with Crippen LogP contribution in [0.4, 0.5) is 0 Å². The van der Waals surface area contributed by atoms with Gasteiger partial charge < -0.3 is 11.1 Å². The highest BCUT2D eigenvalue weighted by molar-refractivity contribution is 5.81. The van der Waals surface area contributed by atoms with E-state index in [0.29, 0.717) is 5.92 Å². The van der Waals surface area contributed by atoms with E-state index >= 15 is 0 Å². The zero-order chi connectivity index (χ0) is 11.8. The average Bonchev–Trinajstić information content (AvgIpc) is 2.15. The fourth-order valence-electron chi connectivity index (χ4n) is 1.45. The van der Waals surface area contributed by atoms with Gasteiger partial charge in [0.25, 0.3) is 0 Å². The van der Waals surface area contributed by atoms with Crippen molar-refractivity contribution in [3.05, 3.63) is 0 Å². The van der Waals surface area contributed by atoms with Crippen LogP contribution in [0, 0.1) is 5.92 Å². The normalized spacial score (nSPS) is 15.1. The summed E-state index contributed by atoms with van der Waals surface area (Å²) < 4.78 is 0. The van der Waals surface area contributed by atoms with Crippen LogP contribution >= 0.6 is 0 Å². The van der Waals surface area contributed by atoms with Crippen molar-refractivity contribution in [2.75, 3.05) is 0 Å². The molecule has 3 N–H and O–H groups in total. The molecule has 2 atom stereocenters. The molecule has 0 rings (SSSR count). The molecule has 1 amide bonds. The Balaban J connectivity index is 3.75. The van der Waals surface area contributed by atoms with Crippen LogP contribution in [-0.2, 0) is 4.79 Å². The van der Waals surface area contributed by atoms with Gasteiger partial charge in [0.1, 0.15) is 0 Å². The lowest BCUT2D eigenvalue weighted by atomic mass is 10.0. The van der Waals surface area contributed by atoms with E-state index in [1.54, 1.807) is 0 Å². The third kappa shape index (κ3) is 7.37. The number of rotatable bonds is 7. The van der Waals surface area contributed by atoms with Gasteiger partial charge in [-0.05, 0) is 32.1 Å². The van der Waals surface area contributed by atoms with Crippen LogP contribution in [0.3, 0.4) is 0 Å². The predicted molar refractivity (Wildman–Crippen MR) is 64.6 cm³/mol. The van der Waals surface area contributed by atoms with Crippen molar-refractivity contribution in [2.45, 2.75) is 65.5 Å². The largest absolute Gasteiger partial charge is 0.352 e. The van der Waals surface area contributed by atoms with E-state index in [1.807, 2.05) is 13.8 Å². The van der Waals surface area contributed by atoms with Gasteiger partial charge in [0.2, 0.25) is 5.91 Å². The monoisotopic (exact) mass is 214 g/mol. The number of carbonyl (C=O) groups excluding carboxylic acids is 1. The molecule has 1 unspecified atom stereocenters. The van der Waals surface area contributed by atoms with Gasteiger partial charge in [0.15, 0.2) is 0 Å². The summed E-state index contributed by atoms with van der Waals surface area (Å²) in [6.45, 7) is 8.46. The summed E-state index contributed by atoms with van der Waals surface area (Å²) in [6.07, 6.45) is 3.89. The molecule has 0 aliphatic carbocycles. The minimum Gasteiger partial charge on any atom is -0.352 e. The fourth-order valence-corrected chi connectivity index (χ4v) is 1.45. The lowest BCUT2D eigenvalue weighted by molar-refractivity contribution is -0.123. The molecule has 0 aromatic heterocycles. The highest BCUT2D eigenvalue weighted by Gasteiger charge is 2.14. The number of carbonyl (C=O) groups is 1. The first-order chi connectivity index (χ1) is 6.97. The Hall–Kier alpha value is -0.570. The lowest BCUT2D eigenvalue weighted by Gasteiger charge is -2.17. The smallest absolute Gasteiger partial charge is 0.237 e. The highest BCUT2D eigenvalue weighted by atomic mass is 16.2. The van der Waals surface area contributed by atoms with E-state index in [9.17, 15) is 4.79 Å². The fraction of sp³-hybridized carbons (Fsp3) is 0.917. The molecule has 0 heterocycles. The molecule has 0 radical (unpaired) electrons. The molecule has 0 aromatic rings. The topological polar surface area (TPSA) is 55.1 Å². The number of nitrogens with one attached hydrogen (secondary N) is 1. The van der Waals surface area contributed by atoms with Gasteiger partial charge >= 0.3 is 0 Å². The second-order valence-corrected chi connectivity index (χ2v) is 4.78. The second-order valence-electron chi connectivity index (χ2n) is 4.78. The number of amides is 1. The summed E-state index contributed by atoms with van der Waals surface area (Å²) in [7, 11) is 0. The molecule has 0 fully saturated rings. The first-order valence-electron chi connectivity index (χ1n) is 6.03. The van der Waals surface area contributed by atoms with Gasteiger partial charge in [0, 0.05) is 6.04 Å². The molecule has 0 aromatic carbocycles. The first kappa shape index (κ1) is 14.4. The van der Waals surface area contributed by atoms with E-state index in [4.69, 9.17) is 5.73 Å². The van der Waals surface area contributed by atoms with E-state index in [-0.39, 0.29) is 18.0 Å². The maximum absolute atomic E-state index is 11.6. The van der Waals surface area contributed by atoms with Gasteiger partial charge in [-0.25, -0.2) is 0 Å². The van der Waals surface area contributed by atoms with Crippen molar-refractivity contribution in [1.29, 1.82) is 0 Å². The number of hydrogen-bond donors (Lipinski definition) is 2. The zero-order valence-electron chi connectivity index (χ0n) is 10.5. The summed E-state index contributed by atoms with van der Waals surface area (Å²) in [6, 6.07) is -0.0979. The Kier molecular flexibility index (Phi) is 7.39. The van der Waals surface area contributed by atoms with E-state index < -0.39 is 0 Å². The Labute approximate surface area is 93.8 Å². The number of hydrogen-bond acceptors (Lipinski definition) is 2. The molecule has 3 heteroatoms. The van der Waals surface area contributed by atoms with E-state index in [2.05, 4.69) is 19.2 Å². The van der Waals surface area contributed by atoms with Gasteiger partial charge in [0.05, 0.1) is 6.04 Å². The van der Waals surface area contributed by atoms with Crippen molar-refractivity contribution < 1.29 is 4.79 Å². The summed E-state index contributed by atoms with van der Waals surface area (Å²) in [5.74, 6) is 0.682. The summed E-state index contributed by atoms with van der Waals surface area (Å²) in [4.78, 5) is 11.6. The van der Waals surface area contributed by atoms with Crippen molar-refractivity contribution in [2.24, 2.45) is 11.7 Å². The van der Waals surface area contributed by atoms with Gasteiger partial charge in [-0.15, -0.1) is 0 Å². The molecular formula is C12H26N2O. The zero-order valence-corrected chi connectivity index (χ0v) is 10.5. The van der Waals surface area contributed by atoms with Crippen LogP contribution in [-0.4, -0.2) is 18.0 Å². The van der Waals surface area contributed by atoms with Crippen molar-refractivity contribution in [3.8, 4) is 0 Å². The summed E-state index contributed by atoms with van der Waals surface area (Å²) in [5, 5.41) is 2.96. The molecule has 0 aliphatic heterocycles. The second kappa shape index (κ2) is 7.69. The Morgan fingerprint density at radius 3 is 2.27 bits per heavy atom. The summed E-state index contributed by atoms with van der Waals surface area (Å²) in [5.41, 5.74) is 5.72. The molecule has 15 heavy (non-hydrogen) atoms. The van der Waals surface area contributed by atoms with Crippen molar-refractivity contribution in [1.82, 2.24) is 5.32 Å². The van der Waals surface area contributed by atoms with Gasteiger partial charge in [-0.2, -0.15) is 0 Å². The molecule has 0 aliphatic rings. The van der Waals surface area contributed by atoms with Crippen LogP contribution < -0.4 is 11.1 Å². The third-order valence-electron chi connectivity index (χ3n) is 2.50. The lowest BCUT2D eigenvalue weighted by Crippen LogP contribution is -2.44. The minimum absolute atomic E-state index is 0.00638. The molecular weight excluding hydrogens is 188 g/mol. The van der Waals surface area contributed by atoms with E-state index in [1.165, 1.54) is 0 Å². The van der Waals surface area contributed by atoms with Crippen LogP contribution in [0.25, 0.3) is 0 Å². The van der Waals surface area contributed by atoms with Gasteiger partial charge in [-0.1, -0.05) is 27.2 Å². The Morgan fingerprint density at radius 2 is 1.80 bits per heavy atom. The molecule has 3 nitrogen and oxygen atoms in total.